The van der Waals surface area contributed by atoms with E-state index >= 15 is 0 Å². The molecule has 0 bridgehead atoms. The molecule has 94 valence electrons. The fraction of sp³-hybridized carbons (Fsp3) is 0.917. The van der Waals surface area contributed by atoms with Crippen molar-refractivity contribution in [3.05, 3.63) is 0 Å². The van der Waals surface area contributed by atoms with E-state index in [1.807, 2.05) is 7.05 Å². The lowest BCUT2D eigenvalue weighted by Crippen LogP contribution is -2.35. The third kappa shape index (κ3) is 4.49. The first-order valence-corrected chi connectivity index (χ1v) is 6.31. The maximum absolute atomic E-state index is 11.7. The Hall–Kier alpha value is -0.610. The van der Waals surface area contributed by atoms with Crippen molar-refractivity contribution in [1.29, 1.82) is 0 Å². The van der Waals surface area contributed by atoms with Crippen LogP contribution in [0.4, 0.5) is 0 Å². The molecular weight excluding hydrogens is 204 g/mol. The molecule has 0 spiro atoms. The topological polar surface area (TPSA) is 50.4 Å². The van der Waals surface area contributed by atoms with Gasteiger partial charge in [0.2, 0.25) is 5.91 Å². The molecule has 2 unspecified atom stereocenters. The molecule has 1 rings (SSSR count). The van der Waals surface area contributed by atoms with Crippen molar-refractivity contribution in [1.82, 2.24) is 10.6 Å². The van der Waals surface area contributed by atoms with Crippen LogP contribution < -0.4 is 10.6 Å². The van der Waals surface area contributed by atoms with Gasteiger partial charge in [0, 0.05) is 6.54 Å². The van der Waals surface area contributed by atoms with Gasteiger partial charge in [0.15, 0.2) is 0 Å². The molecule has 0 aliphatic carbocycles. The molecule has 0 aromatic heterocycles. The fourth-order valence-corrected chi connectivity index (χ4v) is 2.07. The summed E-state index contributed by atoms with van der Waals surface area (Å²) in [5.41, 5.74) is 0. The molecule has 1 saturated heterocycles. The minimum Gasteiger partial charge on any atom is -0.368 e. The van der Waals surface area contributed by atoms with E-state index in [2.05, 4.69) is 17.6 Å². The molecule has 1 amide bonds. The Bertz CT molecular complexity index is 209. The molecular formula is C12H24N2O2. The van der Waals surface area contributed by atoms with Gasteiger partial charge in [-0.25, -0.2) is 0 Å². The summed E-state index contributed by atoms with van der Waals surface area (Å²) >= 11 is 0. The minimum absolute atomic E-state index is 0.0645. The van der Waals surface area contributed by atoms with Crippen LogP contribution in [0.2, 0.25) is 0 Å². The zero-order valence-electron chi connectivity index (χ0n) is 10.4. The van der Waals surface area contributed by atoms with Gasteiger partial charge in [0.1, 0.15) is 6.10 Å². The molecule has 0 saturated carbocycles. The molecule has 1 fully saturated rings. The third-order valence-corrected chi connectivity index (χ3v) is 2.97. The minimum atomic E-state index is -0.203. The lowest BCUT2D eigenvalue weighted by molar-refractivity contribution is -0.130. The van der Waals surface area contributed by atoms with Crippen LogP contribution >= 0.6 is 0 Å². The summed E-state index contributed by atoms with van der Waals surface area (Å²) in [6.07, 6.45) is 4.00. The molecule has 1 aliphatic rings. The Kier molecular flexibility index (Phi) is 6.42. The number of hydrogen-bond acceptors (Lipinski definition) is 3. The van der Waals surface area contributed by atoms with E-state index in [1.165, 1.54) is 12.8 Å². The molecule has 16 heavy (non-hydrogen) atoms. The normalized spacial score (nSPS) is 24.6. The largest absolute Gasteiger partial charge is 0.368 e. The zero-order valence-corrected chi connectivity index (χ0v) is 10.4. The highest BCUT2D eigenvalue weighted by Gasteiger charge is 2.29. The Labute approximate surface area is 98.1 Å². The molecule has 4 heteroatoms. The number of amides is 1. The van der Waals surface area contributed by atoms with E-state index in [-0.39, 0.29) is 12.0 Å². The van der Waals surface area contributed by atoms with Gasteiger partial charge in [-0.15, -0.1) is 0 Å². The van der Waals surface area contributed by atoms with Crippen molar-refractivity contribution in [3.8, 4) is 0 Å². The van der Waals surface area contributed by atoms with E-state index in [1.54, 1.807) is 0 Å². The van der Waals surface area contributed by atoms with E-state index in [9.17, 15) is 4.79 Å². The summed E-state index contributed by atoms with van der Waals surface area (Å²) in [6.45, 7) is 4.59. The molecule has 2 atom stereocenters. The van der Waals surface area contributed by atoms with Crippen molar-refractivity contribution in [2.75, 3.05) is 26.7 Å². The van der Waals surface area contributed by atoms with Crippen LogP contribution in [-0.2, 0) is 9.53 Å². The Morgan fingerprint density at radius 1 is 1.44 bits per heavy atom. The van der Waals surface area contributed by atoms with Gasteiger partial charge in [0.05, 0.1) is 6.61 Å². The predicted octanol–water partition coefficient (Wildman–Crippen LogP) is 0.917. The Balaban J connectivity index is 2.13. The SMILES string of the molecule is CCCC1COC(C(=O)NCCCNC)C1. The molecule has 0 aromatic carbocycles. The van der Waals surface area contributed by atoms with Gasteiger partial charge < -0.3 is 15.4 Å². The molecule has 0 radical (unpaired) electrons. The monoisotopic (exact) mass is 228 g/mol. The van der Waals surface area contributed by atoms with Gasteiger partial charge in [0.25, 0.3) is 0 Å². The summed E-state index contributed by atoms with van der Waals surface area (Å²) in [6, 6.07) is 0. The summed E-state index contributed by atoms with van der Waals surface area (Å²) in [7, 11) is 1.91. The lowest BCUT2D eigenvalue weighted by Gasteiger charge is -2.10. The second-order valence-corrected chi connectivity index (χ2v) is 4.46. The first-order chi connectivity index (χ1) is 7.77. The average Bonchev–Trinajstić information content (AvgIpc) is 2.73. The van der Waals surface area contributed by atoms with Crippen LogP contribution in [-0.4, -0.2) is 38.8 Å². The maximum atomic E-state index is 11.7. The van der Waals surface area contributed by atoms with Crippen molar-refractivity contribution < 1.29 is 9.53 Å². The highest BCUT2D eigenvalue weighted by molar-refractivity contribution is 5.80. The van der Waals surface area contributed by atoms with Crippen molar-refractivity contribution in [2.24, 2.45) is 5.92 Å². The first kappa shape index (κ1) is 13.5. The van der Waals surface area contributed by atoms with Crippen LogP contribution in [0.5, 0.6) is 0 Å². The van der Waals surface area contributed by atoms with Crippen LogP contribution in [0, 0.1) is 5.92 Å². The standard InChI is InChI=1S/C12H24N2O2/c1-3-5-10-8-11(16-9-10)12(15)14-7-4-6-13-2/h10-11,13H,3-9H2,1-2H3,(H,14,15). The van der Waals surface area contributed by atoms with Gasteiger partial charge in [-0.3, -0.25) is 4.79 Å². The summed E-state index contributed by atoms with van der Waals surface area (Å²) in [4.78, 5) is 11.7. The molecule has 4 nitrogen and oxygen atoms in total. The van der Waals surface area contributed by atoms with Gasteiger partial charge >= 0.3 is 0 Å². The average molecular weight is 228 g/mol. The number of hydrogen-bond donors (Lipinski definition) is 2. The molecule has 2 N–H and O–H groups in total. The smallest absolute Gasteiger partial charge is 0.249 e. The number of nitrogens with one attached hydrogen (secondary N) is 2. The van der Waals surface area contributed by atoms with Crippen LogP contribution in [0.1, 0.15) is 32.6 Å². The summed E-state index contributed by atoms with van der Waals surface area (Å²) in [5, 5.41) is 5.97. The fourth-order valence-electron chi connectivity index (χ4n) is 2.07. The second-order valence-electron chi connectivity index (χ2n) is 4.46. The molecule has 1 aliphatic heterocycles. The highest BCUT2D eigenvalue weighted by Crippen LogP contribution is 2.23. The third-order valence-electron chi connectivity index (χ3n) is 2.97. The number of carbonyl (C=O) groups excluding carboxylic acids is 1. The van der Waals surface area contributed by atoms with Crippen LogP contribution in [0.25, 0.3) is 0 Å². The van der Waals surface area contributed by atoms with Crippen LogP contribution in [0.15, 0.2) is 0 Å². The van der Waals surface area contributed by atoms with Gasteiger partial charge in [-0.2, -0.15) is 0 Å². The Morgan fingerprint density at radius 3 is 2.94 bits per heavy atom. The second kappa shape index (κ2) is 7.63. The lowest BCUT2D eigenvalue weighted by atomic mass is 10.0. The van der Waals surface area contributed by atoms with Gasteiger partial charge in [-0.1, -0.05) is 13.3 Å². The number of rotatable bonds is 7. The van der Waals surface area contributed by atoms with Crippen molar-refractivity contribution in [3.63, 3.8) is 0 Å². The Morgan fingerprint density at radius 2 is 2.25 bits per heavy atom. The quantitative estimate of drug-likeness (QED) is 0.637. The first-order valence-electron chi connectivity index (χ1n) is 6.31. The van der Waals surface area contributed by atoms with E-state index in [4.69, 9.17) is 4.74 Å². The highest BCUT2D eigenvalue weighted by atomic mass is 16.5. The summed E-state index contributed by atoms with van der Waals surface area (Å²) in [5.74, 6) is 0.646. The zero-order chi connectivity index (χ0) is 11.8. The molecule has 1 heterocycles. The van der Waals surface area contributed by atoms with Crippen molar-refractivity contribution in [2.45, 2.75) is 38.7 Å². The molecule has 0 aromatic rings. The predicted molar refractivity (Wildman–Crippen MR) is 64.3 cm³/mol. The number of carbonyl (C=O) groups is 1. The number of ether oxygens (including phenoxy) is 1. The van der Waals surface area contributed by atoms with Gasteiger partial charge in [-0.05, 0) is 38.8 Å². The van der Waals surface area contributed by atoms with E-state index in [0.29, 0.717) is 5.92 Å². The summed E-state index contributed by atoms with van der Waals surface area (Å²) < 4.78 is 5.51. The van der Waals surface area contributed by atoms with E-state index in [0.717, 1.165) is 32.5 Å². The van der Waals surface area contributed by atoms with Crippen LogP contribution in [0.3, 0.4) is 0 Å². The van der Waals surface area contributed by atoms with E-state index < -0.39 is 0 Å². The van der Waals surface area contributed by atoms with Crippen molar-refractivity contribution >= 4 is 5.91 Å². The maximum Gasteiger partial charge on any atom is 0.249 e.